The van der Waals surface area contributed by atoms with Crippen LogP contribution in [0.25, 0.3) is 0 Å². The summed E-state index contributed by atoms with van der Waals surface area (Å²) in [4.78, 5) is 0. The van der Waals surface area contributed by atoms with Gasteiger partial charge in [-0.15, -0.1) is 0 Å². The van der Waals surface area contributed by atoms with Crippen molar-refractivity contribution in [3.8, 4) is 0 Å². The smallest absolute Gasteiger partial charge is 0.211 e. The lowest BCUT2D eigenvalue weighted by Gasteiger charge is -2.33. The molecule has 2 aliphatic rings. The summed E-state index contributed by atoms with van der Waals surface area (Å²) in [7, 11) is -2.98. The molecule has 0 aromatic carbocycles. The van der Waals surface area contributed by atoms with Gasteiger partial charge in [-0.1, -0.05) is 13.3 Å². The molecule has 2 fully saturated rings. The Hall–Kier alpha value is -0.130. The predicted octanol–water partition coefficient (Wildman–Crippen LogP) is 1.19. The molecule has 2 rings (SSSR count). The van der Waals surface area contributed by atoms with E-state index >= 15 is 0 Å². The minimum Gasteiger partial charge on any atom is -0.311 e. The highest BCUT2D eigenvalue weighted by atomic mass is 32.2. The van der Waals surface area contributed by atoms with E-state index in [1.807, 2.05) is 0 Å². The highest BCUT2D eigenvalue weighted by Crippen LogP contribution is 2.26. The van der Waals surface area contributed by atoms with Crippen molar-refractivity contribution in [3.63, 3.8) is 0 Å². The molecule has 0 aromatic heterocycles. The fourth-order valence-corrected chi connectivity index (χ4v) is 3.92. The summed E-state index contributed by atoms with van der Waals surface area (Å²) >= 11 is 0. The van der Waals surface area contributed by atoms with Crippen LogP contribution in [0.4, 0.5) is 0 Å². The molecule has 17 heavy (non-hydrogen) atoms. The highest BCUT2D eigenvalue weighted by molar-refractivity contribution is 7.88. The van der Waals surface area contributed by atoms with Crippen molar-refractivity contribution >= 4 is 10.0 Å². The first-order chi connectivity index (χ1) is 7.97. The van der Waals surface area contributed by atoms with Gasteiger partial charge < -0.3 is 5.32 Å². The standard InChI is InChI=1S/C12H24N2O2S/c1-10-4-3-5-12(10)13-11-6-8-14(9-7-11)17(2,15)16/h10-13H,3-9H2,1-2H3. The molecule has 4 nitrogen and oxygen atoms in total. The van der Waals surface area contributed by atoms with Crippen LogP contribution in [0.15, 0.2) is 0 Å². The summed E-state index contributed by atoms with van der Waals surface area (Å²) in [5, 5.41) is 3.72. The molecule has 1 saturated carbocycles. The predicted molar refractivity (Wildman–Crippen MR) is 69.4 cm³/mol. The second-order valence-electron chi connectivity index (χ2n) is 5.62. The van der Waals surface area contributed by atoms with Crippen LogP contribution in [-0.4, -0.2) is 44.2 Å². The molecule has 1 N–H and O–H groups in total. The van der Waals surface area contributed by atoms with E-state index in [4.69, 9.17) is 0 Å². The van der Waals surface area contributed by atoms with E-state index in [-0.39, 0.29) is 0 Å². The zero-order valence-electron chi connectivity index (χ0n) is 10.9. The number of nitrogens with one attached hydrogen (secondary N) is 1. The molecule has 0 bridgehead atoms. The summed E-state index contributed by atoms with van der Waals surface area (Å²) in [6.07, 6.45) is 7.17. The number of sulfonamides is 1. The van der Waals surface area contributed by atoms with Gasteiger partial charge in [-0.2, -0.15) is 0 Å². The van der Waals surface area contributed by atoms with Crippen molar-refractivity contribution < 1.29 is 8.42 Å². The topological polar surface area (TPSA) is 49.4 Å². The Morgan fingerprint density at radius 2 is 1.76 bits per heavy atom. The molecule has 1 heterocycles. The van der Waals surface area contributed by atoms with Gasteiger partial charge in [0.15, 0.2) is 0 Å². The van der Waals surface area contributed by atoms with Crippen LogP contribution in [-0.2, 0) is 10.0 Å². The van der Waals surface area contributed by atoms with E-state index in [2.05, 4.69) is 12.2 Å². The van der Waals surface area contributed by atoms with Gasteiger partial charge in [0.1, 0.15) is 0 Å². The first-order valence-electron chi connectivity index (χ1n) is 6.68. The maximum Gasteiger partial charge on any atom is 0.211 e. The van der Waals surface area contributed by atoms with E-state index in [1.54, 1.807) is 4.31 Å². The minimum atomic E-state index is -2.98. The quantitative estimate of drug-likeness (QED) is 0.829. The number of rotatable bonds is 3. The lowest BCUT2D eigenvalue weighted by molar-refractivity contribution is 0.261. The van der Waals surface area contributed by atoms with Crippen LogP contribution in [0, 0.1) is 5.92 Å². The van der Waals surface area contributed by atoms with Crippen molar-refractivity contribution in [1.29, 1.82) is 0 Å². The Bertz CT molecular complexity index is 348. The average Bonchev–Trinajstić information content (AvgIpc) is 2.64. The van der Waals surface area contributed by atoms with Gasteiger partial charge in [-0.05, 0) is 31.6 Å². The van der Waals surface area contributed by atoms with Gasteiger partial charge in [0.2, 0.25) is 10.0 Å². The third kappa shape index (κ3) is 3.42. The molecule has 0 amide bonds. The normalized spacial score (nSPS) is 33.1. The van der Waals surface area contributed by atoms with Gasteiger partial charge >= 0.3 is 0 Å². The first kappa shape index (κ1) is 13.3. The second kappa shape index (κ2) is 5.24. The lowest BCUT2D eigenvalue weighted by Crippen LogP contribution is -2.48. The number of hydrogen-bond donors (Lipinski definition) is 1. The Balaban J connectivity index is 1.79. The van der Waals surface area contributed by atoms with Crippen molar-refractivity contribution in [3.05, 3.63) is 0 Å². The van der Waals surface area contributed by atoms with Crippen LogP contribution >= 0.6 is 0 Å². The van der Waals surface area contributed by atoms with Gasteiger partial charge in [-0.25, -0.2) is 12.7 Å². The van der Waals surface area contributed by atoms with Crippen LogP contribution < -0.4 is 5.32 Å². The molecule has 2 atom stereocenters. The first-order valence-corrected chi connectivity index (χ1v) is 8.53. The maximum absolute atomic E-state index is 11.4. The highest BCUT2D eigenvalue weighted by Gasteiger charge is 2.29. The minimum absolute atomic E-state index is 0.513. The molecule has 1 saturated heterocycles. The fraction of sp³-hybridized carbons (Fsp3) is 1.00. The average molecular weight is 260 g/mol. The molecule has 1 aliphatic heterocycles. The maximum atomic E-state index is 11.4. The number of piperidine rings is 1. The Morgan fingerprint density at radius 3 is 2.24 bits per heavy atom. The van der Waals surface area contributed by atoms with Gasteiger partial charge in [0.25, 0.3) is 0 Å². The SMILES string of the molecule is CC1CCCC1NC1CCN(S(C)(=O)=O)CC1. The van der Waals surface area contributed by atoms with E-state index in [0.717, 1.165) is 18.8 Å². The van der Waals surface area contributed by atoms with E-state index in [0.29, 0.717) is 25.2 Å². The van der Waals surface area contributed by atoms with Gasteiger partial charge in [0, 0.05) is 25.2 Å². The Labute approximate surface area is 105 Å². The summed E-state index contributed by atoms with van der Waals surface area (Å²) in [5.41, 5.74) is 0. The van der Waals surface area contributed by atoms with Crippen LogP contribution in [0.3, 0.4) is 0 Å². The van der Waals surface area contributed by atoms with E-state index in [9.17, 15) is 8.42 Å². The Kier molecular flexibility index (Phi) is 4.10. The van der Waals surface area contributed by atoms with Crippen molar-refractivity contribution in [2.45, 2.75) is 51.1 Å². The molecule has 5 heteroatoms. The lowest BCUT2D eigenvalue weighted by atomic mass is 10.0. The number of hydrogen-bond acceptors (Lipinski definition) is 3. The second-order valence-corrected chi connectivity index (χ2v) is 7.60. The molecular weight excluding hydrogens is 236 g/mol. The molecule has 0 spiro atoms. The molecular formula is C12H24N2O2S. The fourth-order valence-electron chi connectivity index (χ4n) is 3.05. The largest absolute Gasteiger partial charge is 0.311 e. The van der Waals surface area contributed by atoms with Crippen LogP contribution in [0.1, 0.15) is 39.0 Å². The summed E-state index contributed by atoms with van der Waals surface area (Å²) < 4.78 is 24.4. The molecule has 0 radical (unpaired) electrons. The third-order valence-electron chi connectivity index (χ3n) is 4.23. The van der Waals surface area contributed by atoms with Crippen LogP contribution in [0.5, 0.6) is 0 Å². The van der Waals surface area contributed by atoms with Crippen molar-refractivity contribution in [2.75, 3.05) is 19.3 Å². The summed E-state index contributed by atoms with van der Waals surface area (Å²) in [6, 6.07) is 1.17. The number of nitrogens with zero attached hydrogens (tertiary/aromatic N) is 1. The molecule has 0 aromatic rings. The van der Waals surface area contributed by atoms with Gasteiger partial charge in [-0.3, -0.25) is 0 Å². The molecule has 2 unspecified atom stereocenters. The zero-order chi connectivity index (χ0) is 12.5. The van der Waals surface area contributed by atoms with Crippen molar-refractivity contribution in [2.24, 2.45) is 5.92 Å². The molecule has 100 valence electrons. The van der Waals surface area contributed by atoms with E-state index < -0.39 is 10.0 Å². The zero-order valence-corrected chi connectivity index (χ0v) is 11.7. The Morgan fingerprint density at radius 1 is 1.12 bits per heavy atom. The van der Waals surface area contributed by atoms with Crippen molar-refractivity contribution in [1.82, 2.24) is 9.62 Å². The third-order valence-corrected chi connectivity index (χ3v) is 5.54. The van der Waals surface area contributed by atoms with Gasteiger partial charge in [0.05, 0.1) is 6.26 Å². The summed E-state index contributed by atoms with van der Waals surface area (Å²) in [6.45, 7) is 3.67. The summed E-state index contributed by atoms with van der Waals surface area (Å²) in [5.74, 6) is 0.780. The van der Waals surface area contributed by atoms with Crippen LogP contribution in [0.2, 0.25) is 0 Å². The monoisotopic (exact) mass is 260 g/mol. The molecule has 1 aliphatic carbocycles. The van der Waals surface area contributed by atoms with E-state index in [1.165, 1.54) is 25.5 Å².